The van der Waals surface area contributed by atoms with Gasteiger partial charge in [-0.25, -0.2) is 0 Å². The normalized spacial score (nSPS) is 23.8. The molecule has 3 aliphatic carbocycles. The second kappa shape index (κ2) is 6.15. The van der Waals surface area contributed by atoms with Crippen LogP contribution < -0.4 is 0 Å². The van der Waals surface area contributed by atoms with Gasteiger partial charge in [-0.05, 0) is 46.0 Å². The molecule has 5 aromatic rings. The van der Waals surface area contributed by atoms with Gasteiger partial charge in [0.2, 0.25) is 0 Å². The second-order valence-electron chi connectivity index (χ2n) is 9.37. The van der Waals surface area contributed by atoms with Gasteiger partial charge < -0.3 is 4.42 Å². The van der Waals surface area contributed by atoms with Crippen LogP contribution >= 0.6 is 15.9 Å². The largest absolute Gasteiger partial charge is 0.455 e. The van der Waals surface area contributed by atoms with Gasteiger partial charge in [0.15, 0.2) is 0 Å². The summed E-state index contributed by atoms with van der Waals surface area (Å²) in [4.78, 5) is 0. The molecule has 1 aromatic heterocycles. The number of hydrogen-bond acceptors (Lipinski definition) is 1. The van der Waals surface area contributed by atoms with E-state index in [9.17, 15) is 0 Å². The fourth-order valence-electron chi connectivity index (χ4n) is 6.89. The molecule has 0 radical (unpaired) electrons. The van der Waals surface area contributed by atoms with Crippen molar-refractivity contribution in [3.8, 4) is 11.1 Å². The number of furan rings is 1. The van der Waals surface area contributed by atoms with Gasteiger partial charge in [0, 0.05) is 32.6 Å². The Morgan fingerprint density at radius 3 is 2.52 bits per heavy atom. The quantitative estimate of drug-likeness (QED) is 0.213. The van der Waals surface area contributed by atoms with E-state index in [1.807, 2.05) is 0 Å². The highest BCUT2D eigenvalue weighted by molar-refractivity contribution is 9.10. The van der Waals surface area contributed by atoms with Crippen LogP contribution in [0.5, 0.6) is 0 Å². The Labute approximate surface area is 200 Å². The second-order valence-corrected chi connectivity index (χ2v) is 10.3. The van der Waals surface area contributed by atoms with Crippen molar-refractivity contribution < 1.29 is 4.42 Å². The number of rotatable bonds is 0. The summed E-state index contributed by atoms with van der Waals surface area (Å²) in [5, 5.41) is 2.38. The molecule has 0 bridgehead atoms. The standard InChI is InChI=1S/C31H19BrO/c32-18-13-15-26-23(17-18)19-7-1-4-10-24(19)31(26)25-11-5-2-9-22(25)29-27(31)16-14-21-20-8-3-6-12-28(20)33-30(21)29/h1-17,19,24H. The lowest BCUT2D eigenvalue weighted by molar-refractivity contribution is 0.465. The van der Waals surface area contributed by atoms with Crippen molar-refractivity contribution in [2.45, 2.75) is 11.3 Å². The maximum absolute atomic E-state index is 6.56. The van der Waals surface area contributed by atoms with Gasteiger partial charge in [-0.15, -0.1) is 0 Å². The number of halogens is 1. The molecule has 3 aliphatic rings. The van der Waals surface area contributed by atoms with E-state index in [4.69, 9.17) is 4.42 Å². The van der Waals surface area contributed by atoms with Crippen LogP contribution in [0.4, 0.5) is 0 Å². The molecule has 4 aromatic carbocycles. The minimum absolute atomic E-state index is 0.221. The molecule has 0 fully saturated rings. The van der Waals surface area contributed by atoms with E-state index < -0.39 is 0 Å². The first-order valence-electron chi connectivity index (χ1n) is 11.5. The Hall–Kier alpha value is -3.36. The molecule has 33 heavy (non-hydrogen) atoms. The van der Waals surface area contributed by atoms with Crippen LogP contribution in [0.3, 0.4) is 0 Å². The van der Waals surface area contributed by atoms with Crippen LogP contribution in [0.25, 0.3) is 33.1 Å². The zero-order valence-corrected chi connectivity index (χ0v) is 19.3. The molecular formula is C31H19BrO. The lowest BCUT2D eigenvalue weighted by Gasteiger charge is -2.36. The molecule has 0 N–H and O–H groups in total. The molecule has 0 saturated carbocycles. The molecule has 0 aliphatic heterocycles. The van der Waals surface area contributed by atoms with Gasteiger partial charge in [-0.1, -0.05) is 101 Å². The van der Waals surface area contributed by atoms with E-state index in [1.165, 1.54) is 44.2 Å². The van der Waals surface area contributed by atoms with E-state index in [0.29, 0.717) is 11.8 Å². The third-order valence-corrected chi connectivity index (χ3v) is 8.52. The van der Waals surface area contributed by atoms with Crippen LogP contribution in [0, 0.1) is 5.92 Å². The summed E-state index contributed by atoms with van der Waals surface area (Å²) in [5.41, 5.74) is 9.90. The molecule has 0 saturated heterocycles. The highest BCUT2D eigenvalue weighted by atomic mass is 79.9. The first-order valence-corrected chi connectivity index (χ1v) is 12.3. The van der Waals surface area contributed by atoms with Crippen molar-refractivity contribution >= 4 is 37.9 Å². The molecule has 3 atom stereocenters. The van der Waals surface area contributed by atoms with Gasteiger partial charge in [0.05, 0.1) is 5.41 Å². The molecule has 1 heterocycles. The number of para-hydroxylation sites is 1. The number of allylic oxidation sites excluding steroid dienone is 4. The van der Waals surface area contributed by atoms with Gasteiger partial charge in [-0.3, -0.25) is 0 Å². The van der Waals surface area contributed by atoms with Crippen LogP contribution in [-0.4, -0.2) is 0 Å². The van der Waals surface area contributed by atoms with E-state index >= 15 is 0 Å². The maximum atomic E-state index is 6.56. The van der Waals surface area contributed by atoms with Crippen molar-refractivity contribution in [2.24, 2.45) is 5.92 Å². The predicted octanol–water partition coefficient (Wildman–Crippen LogP) is 8.50. The fourth-order valence-corrected chi connectivity index (χ4v) is 7.27. The van der Waals surface area contributed by atoms with Gasteiger partial charge >= 0.3 is 0 Å². The lowest BCUT2D eigenvalue weighted by atomic mass is 9.65. The van der Waals surface area contributed by atoms with Crippen molar-refractivity contribution in [2.75, 3.05) is 0 Å². The summed E-state index contributed by atoms with van der Waals surface area (Å²) in [6.45, 7) is 0. The number of hydrogen-bond donors (Lipinski definition) is 0. The minimum atomic E-state index is -0.221. The Kier molecular flexibility index (Phi) is 3.38. The highest BCUT2D eigenvalue weighted by Crippen LogP contribution is 2.66. The Balaban J connectivity index is 1.57. The van der Waals surface area contributed by atoms with Crippen LogP contribution in [-0.2, 0) is 5.41 Å². The average molecular weight is 487 g/mol. The van der Waals surface area contributed by atoms with E-state index in [0.717, 1.165) is 15.6 Å². The Morgan fingerprint density at radius 1 is 0.727 bits per heavy atom. The summed E-state index contributed by atoms with van der Waals surface area (Å²) < 4.78 is 7.70. The molecule has 1 spiro atoms. The molecule has 8 rings (SSSR count). The van der Waals surface area contributed by atoms with E-state index in [1.54, 1.807) is 0 Å². The molecule has 0 amide bonds. The van der Waals surface area contributed by atoms with Gasteiger partial charge in [-0.2, -0.15) is 0 Å². The molecule has 1 nitrogen and oxygen atoms in total. The van der Waals surface area contributed by atoms with Crippen LogP contribution in [0.2, 0.25) is 0 Å². The van der Waals surface area contributed by atoms with Crippen molar-refractivity contribution in [3.05, 3.63) is 130 Å². The van der Waals surface area contributed by atoms with Crippen molar-refractivity contribution in [1.29, 1.82) is 0 Å². The smallest absolute Gasteiger partial charge is 0.143 e. The predicted molar refractivity (Wildman–Crippen MR) is 138 cm³/mol. The SMILES string of the molecule is Brc1ccc2c(c1)C1C=CC=CC1C21c2ccccc2-c2c1ccc1c2oc2ccccc21. The number of fused-ring (bicyclic) bond motifs is 14. The first kappa shape index (κ1) is 18.1. The maximum Gasteiger partial charge on any atom is 0.143 e. The summed E-state index contributed by atoms with van der Waals surface area (Å²) in [6, 6.07) is 28.9. The zero-order valence-electron chi connectivity index (χ0n) is 17.8. The molecule has 3 unspecified atom stereocenters. The summed E-state index contributed by atoms with van der Waals surface area (Å²) >= 11 is 3.74. The third kappa shape index (κ3) is 2.05. The Bertz CT molecular complexity index is 1700. The van der Waals surface area contributed by atoms with E-state index in [2.05, 4.69) is 119 Å². The van der Waals surface area contributed by atoms with Crippen LogP contribution in [0.1, 0.15) is 28.2 Å². The summed E-state index contributed by atoms with van der Waals surface area (Å²) in [7, 11) is 0. The molecule has 2 heteroatoms. The first-order chi connectivity index (χ1) is 16.3. The number of benzene rings is 4. The van der Waals surface area contributed by atoms with Gasteiger partial charge in [0.25, 0.3) is 0 Å². The highest BCUT2D eigenvalue weighted by Gasteiger charge is 2.57. The average Bonchev–Trinajstić information content (AvgIpc) is 3.47. The monoisotopic (exact) mass is 486 g/mol. The summed E-state index contributed by atoms with van der Waals surface area (Å²) in [6.07, 6.45) is 9.23. The topological polar surface area (TPSA) is 13.1 Å². The zero-order chi connectivity index (χ0) is 21.7. The third-order valence-electron chi connectivity index (χ3n) is 8.03. The lowest BCUT2D eigenvalue weighted by Crippen LogP contribution is -2.32. The van der Waals surface area contributed by atoms with Crippen molar-refractivity contribution in [1.82, 2.24) is 0 Å². The Morgan fingerprint density at radius 2 is 1.55 bits per heavy atom. The summed E-state index contributed by atoms with van der Waals surface area (Å²) in [5.74, 6) is 0.684. The van der Waals surface area contributed by atoms with Crippen LogP contribution in [0.15, 0.2) is 112 Å². The fraction of sp³-hybridized carbons (Fsp3) is 0.0968. The minimum Gasteiger partial charge on any atom is -0.455 e. The molecule has 156 valence electrons. The van der Waals surface area contributed by atoms with Gasteiger partial charge in [0.1, 0.15) is 11.2 Å². The van der Waals surface area contributed by atoms with Crippen molar-refractivity contribution in [3.63, 3.8) is 0 Å². The molecular weight excluding hydrogens is 468 g/mol. The van der Waals surface area contributed by atoms with E-state index in [-0.39, 0.29) is 5.41 Å².